The van der Waals surface area contributed by atoms with Crippen molar-refractivity contribution >= 4 is 20.1 Å². The van der Waals surface area contributed by atoms with E-state index in [-0.39, 0.29) is 0 Å². The Balaban J connectivity index is 1.53. The first-order valence-electron chi connectivity index (χ1n) is 15.2. The van der Waals surface area contributed by atoms with Crippen LogP contribution in [0.4, 0.5) is 0 Å². The molecule has 0 aromatic heterocycles. The lowest BCUT2D eigenvalue weighted by molar-refractivity contribution is 1.28. The summed E-state index contributed by atoms with van der Waals surface area (Å²) in [7, 11) is -3.52. The fourth-order valence-electron chi connectivity index (χ4n) is 6.07. The summed E-state index contributed by atoms with van der Waals surface area (Å²) < 4.78 is 0. The smallest absolute Gasteiger partial charge is 0.00227 e. The third kappa shape index (κ3) is 5.76. The Bertz CT molecular complexity index is 1690. The topological polar surface area (TPSA) is 0 Å². The van der Waals surface area contributed by atoms with Gasteiger partial charge in [0.05, 0.1) is 0 Å². The van der Waals surface area contributed by atoms with Gasteiger partial charge in [-0.25, -0.2) is 0 Å². The van der Waals surface area contributed by atoms with Crippen molar-refractivity contribution in [2.24, 2.45) is 0 Å². The molecule has 0 saturated heterocycles. The number of hydrogen-bond donors (Lipinski definition) is 0. The molecule has 0 bridgehead atoms. The van der Waals surface area contributed by atoms with Gasteiger partial charge in [-0.2, -0.15) is 0 Å². The lowest BCUT2D eigenvalue weighted by atomic mass is 10.3. The van der Waals surface area contributed by atoms with E-state index in [0.717, 1.165) is 4.91 Å². The predicted molar refractivity (Wildman–Crippen MR) is 195 cm³/mol. The molecule has 0 saturated carbocycles. The van der Waals surface area contributed by atoms with Crippen LogP contribution in [-0.2, 0) is 0 Å². The highest BCUT2D eigenvalue weighted by Crippen LogP contribution is 2.74. The Kier molecular flexibility index (Phi) is 9.35. The van der Waals surface area contributed by atoms with Gasteiger partial charge in [0, 0.05) is 29.4 Å². The summed E-state index contributed by atoms with van der Waals surface area (Å²) in [5, 5.41) is 0. The molecule has 0 atom stereocenters. The molecule has 0 fully saturated rings. The number of allylic oxidation sites excluding steroid dienone is 4. The molecule has 0 unspecified atom stereocenters. The molecule has 0 aliphatic heterocycles. The monoisotopic (exact) mass is 618 g/mol. The average Bonchev–Trinajstić information content (AvgIpc) is 3.12. The Morgan fingerprint density at radius 3 is 0.911 bits per heavy atom. The SMILES string of the molecule is C=C(/C=C\C=C(/C)S(c1ccccc1)(c1ccccc1)c1ccccc1)S(c1ccccc1)(c1ccccc1)c1ccccc1. The molecule has 0 aliphatic rings. The Labute approximate surface area is 271 Å². The van der Waals surface area contributed by atoms with Crippen LogP contribution in [0.5, 0.6) is 0 Å². The van der Waals surface area contributed by atoms with Crippen molar-refractivity contribution in [3.05, 3.63) is 217 Å². The Morgan fingerprint density at radius 2 is 0.644 bits per heavy atom. The molecule has 222 valence electrons. The predicted octanol–water partition coefficient (Wildman–Crippen LogP) is 12.9. The van der Waals surface area contributed by atoms with Crippen molar-refractivity contribution in [3.8, 4) is 0 Å². The summed E-state index contributed by atoms with van der Waals surface area (Å²) in [5.41, 5.74) is 0. The van der Waals surface area contributed by atoms with E-state index >= 15 is 0 Å². The molecule has 0 heterocycles. The van der Waals surface area contributed by atoms with Gasteiger partial charge < -0.3 is 0 Å². The molecular formula is C43H38S2. The molecule has 6 rings (SSSR count). The van der Waals surface area contributed by atoms with Crippen LogP contribution in [-0.4, -0.2) is 0 Å². The molecule has 0 spiro atoms. The van der Waals surface area contributed by atoms with E-state index in [1.54, 1.807) is 0 Å². The minimum absolute atomic E-state index is 1.09. The third-order valence-electron chi connectivity index (χ3n) is 8.07. The first-order chi connectivity index (χ1) is 22.2. The fourth-order valence-corrected chi connectivity index (χ4v) is 13.7. The number of rotatable bonds is 10. The molecule has 0 radical (unpaired) electrons. The average molecular weight is 619 g/mol. The molecular weight excluding hydrogens is 581 g/mol. The van der Waals surface area contributed by atoms with Gasteiger partial charge in [-0.1, -0.05) is 128 Å². The lowest BCUT2D eigenvalue weighted by Crippen LogP contribution is -2.06. The van der Waals surface area contributed by atoms with Crippen LogP contribution in [0.3, 0.4) is 0 Å². The van der Waals surface area contributed by atoms with Crippen LogP contribution in [0.2, 0.25) is 0 Å². The highest BCUT2D eigenvalue weighted by molar-refractivity contribution is 8.37. The lowest BCUT2D eigenvalue weighted by Gasteiger charge is -2.43. The van der Waals surface area contributed by atoms with Gasteiger partial charge in [0.25, 0.3) is 0 Å². The summed E-state index contributed by atoms with van der Waals surface area (Å²) in [6.45, 7) is 7.11. The maximum absolute atomic E-state index is 4.82. The van der Waals surface area contributed by atoms with Crippen molar-refractivity contribution < 1.29 is 0 Å². The van der Waals surface area contributed by atoms with Crippen LogP contribution in [0, 0.1) is 0 Å². The first-order valence-corrected chi connectivity index (χ1v) is 18.5. The minimum atomic E-state index is -1.80. The van der Waals surface area contributed by atoms with Gasteiger partial charge in [-0.05, 0) is 95.6 Å². The zero-order valence-electron chi connectivity index (χ0n) is 25.6. The maximum Gasteiger partial charge on any atom is 0.00227 e. The van der Waals surface area contributed by atoms with Gasteiger partial charge in [0.1, 0.15) is 0 Å². The van der Waals surface area contributed by atoms with E-state index in [1.807, 2.05) is 0 Å². The number of benzene rings is 6. The molecule has 0 N–H and O–H groups in total. The Hall–Kier alpha value is -4.76. The zero-order valence-corrected chi connectivity index (χ0v) is 27.2. The quantitative estimate of drug-likeness (QED) is 0.134. The van der Waals surface area contributed by atoms with Crippen LogP contribution in [0.15, 0.2) is 246 Å². The van der Waals surface area contributed by atoms with Gasteiger partial charge in [0.2, 0.25) is 0 Å². The van der Waals surface area contributed by atoms with Gasteiger partial charge >= 0.3 is 0 Å². The molecule has 2 heteroatoms. The fraction of sp³-hybridized carbons (Fsp3) is 0.0233. The molecule has 0 amide bonds. The second kappa shape index (κ2) is 13.9. The molecule has 6 aromatic carbocycles. The second-order valence-electron chi connectivity index (χ2n) is 10.7. The van der Waals surface area contributed by atoms with Crippen molar-refractivity contribution in [1.29, 1.82) is 0 Å². The van der Waals surface area contributed by atoms with Gasteiger partial charge in [0.15, 0.2) is 0 Å². The highest BCUT2D eigenvalue weighted by Gasteiger charge is 2.34. The van der Waals surface area contributed by atoms with E-state index in [9.17, 15) is 0 Å². The number of hydrogen-bond acceptors (Lipinski definition) is 0. The van der Waals surface area contributed by atoms with E-state index in [1.165, 1.54) is 34.3 Å². The minimum Gasteiger partial charge on any atom is -0.137 e. The van der Waals surface area contributed by atoms with Crippen LogP contribution in [0.1, 0.15) is 6.92 Å². The third-order valence-corrected chi connectivity index (χ3v) is 16.0. The van der Waals surface area contributed by atoms with Gasteiger partial charge in [-0.15, -0.1) is 20.1 Å². The molecule has 0 nitrogen and oxygen atoms in total. The van der Waals surface area contributed by atoms with Crippen LogP contribution < -0.4 is 0 Å². The van der Waals surface area contributed by atoms with Crippen molar-refractivity contribution in [1.82, 2.24) is 0 Å². The first kappa shape index (κ1) is 30.3. The van der Waals surface area contributed by atoms with Crippen molar-refractivity contribution in [2.45, 2.75) is 36.3 Å². The summed E-state index contributed by atoms with van der Waals surface area (Å²) in [6.07, 6.45) is 6.79. The van der Waals surface area contributed by atoms with Crippen LogP contribution >= 0.6 is 20.1 Å². The van der Waals surface area contributed by atoms with E-state index in [2.05, 4.69) is 207 Å². The second-order valence-corrected chi connectivity index (χ2v) is 17.2. The zero-order chi connectivity index (χ0) is 31.0. The van der Waals surface area contributed by atoms with Gasteiger partial charge in [-0.3, -0.25) is 0 Å². The van der Waals surface area contributed by atoms with Crippen molar-refractivity contribution in [2.75, 3.05) is 0 Å². The summed E-state index contributed by atoms with van der Waals surface area (Å²) in [4.78, 5) is 10.2. The van der Waals surface area contributed by atoms with E-state index in [4.69, 9.17) is 6.58 Å². The highest BCUT2D eigenvalue weighted by atomic mass is 32.3. The van der Waals surface area contributed by atoms with E-state index < -0.39 is 20.1 Å². The molecule has 6 aromatic rings. The standard InChI is InChI=1S/C43H38S2/c1-36(44(38-24-9-3-10-25-38,39-26-11-4-12-27-39)40-28-13-5-14-29-40)22-21-23-37(2)45(41-30-15-6-16-31-41,42-32-17-7-18-33-42)43-34-19-8-20-35-43/h3-35H,1H2,2H3/b22-21-,37-23+. The normalized spacial score (nSPS) is 13.0. The van der Waals surface area contributed by atoms with E-state index in [0.29, 0.717) is 0 Å². The summed E-state index contributed by atoms with van der Waals surface area (Å²) in [5.74, 6) is 0. The summed E-state index contributed by atoms with van der Waals surface area (Å²) >= 11 is 0. The van der Waals surface area contributed by atoms with Crippen LogP contribution in [0.25, 0.3) is 0 Å². The largest absolute Gasteiger partial charge is 0.137 e. The summed E-state index contributed by atoms with van der Waals surface area (Å²) in [6, 6.07) is 65.6. The molecule has 45 heavy (non-hydrogen) atoms. The maximum atomic E-state index is 4.82. The molecule has 0 aliphatic carbocycles. The Morgan fingerprint density at radius 1 is 0.400 bits per heavy atom. The van der Waals surface area contributed by atoms with Crippen molar-refractivity contribution in [3.63, 3.8) is 0 Å².